The van der Waals surface area contributed by atoms with Crippen molar-refractivity contribution >= 4 is 11.6 Å². The molecule has 1 N–H and O–H groups in total. The Morgan fingerprint density at radius 2 is 2.00 bits per heavy atom. The van der Waals surface area contributed by atoms with E-state index in [0.717, 1.165) is 17.2 Å². The maximum absolute atomic E-state index is 6.01. The van der Waals surface area contributed by atoms with E-state index in [0.29, 0.717) is 5.15 Å². The van der Waals surface area contributed by atoms with Crippen molar-refractivity contribution in [1.82, 2.24) is 15.0 Å². The number of H-pyrrole nitrogens is 1. The van der Waals surface area contributed by atoms with Crippen molar-refractivity contribution in [3.8, 4) is 11.4 Å². The molecule has 0 fully saturated rings. The number of aromatic nitrogens is 3. The molecule has 0 aliphatic carbocycles. The molecule has 0 aromatic carbocycles. The Hall–Kier alpha value is -1.35. The van der Waals surface area contributed by atoms with Crippen LogP contribution in [-0.2, 0) is 5.41 Å². The molecule has 2 aromatic rings. The zero-order valence-corrected chi connectivity index (χ0v) is 10.3. The van der Waals surface area contributed by atoms with E-state index in [-0.39, 0.29) is 5.41 Å². The normalized spacial score (nSPS) is 11.8. The molecule has 4 heteroatoms. The molecule has 84 valence electrons. The predicted octanol–water partition coefficient (Wildman–Crippen LogP) is 3.42. The largest absolute Gasteiger partial charge is 0.360 e. The number of hydrogen-bond donors (Lipinski definition) is 1. The topological polar surface area (TPSA) is 41.6 Å². The minimum Gasteiger partial charge on any atom is -0.360 e. The number of nitrogens with zero attached hydrogens (tertiary/aromatic N) is 2. The molecule has 0 aliphatic rings. The quantitative estimate of drug-likeness (QED) is 0.770. The van der Waals surface area contributed by atoms with Crippen LogP contribution in [0, 0.1) is 0 Å². The van der Waals surface area contributed by atoms with Gasteiger partial charge >= 0.3 is 0 Å². The van der Waals surface area contributed by atoms with Gasteiger partial charge in [-0.3, -0.25) is 0 Å². The molecule has 0 atom stereocenters. The molecule has 0 aliphatic heterocycles. The SMILES string of the molecule is CC(C)(C)c1nc(Cl)cc(-c2ccc[nH]2)n1. The first-order chi connectivity index (χ1) is 7.47. The summed E-state index contributed by atoms with van der Waals surface area (Å²) in [5, 5.41) is 0.476. The Morgan fingerprint density at radius 3 is 2.56 bits per heavy atom. The molecule has 0 spiro atoms. The highest BCUT2D eigenvalue weighted by atomic mass is 35.5. The van der Waals surface area contributed by atoms with Crippen molar-refractivity contribution in [2.75, 3.05) is 0 Å². The van der Waals surface area contributed by atoms with E-state index in [9.17, 15) is 0 Å². The highest BCUT2D eigenvalue weighted by Crippen LogP contribution is 2.24. The Balaban J connectivity index is 2.53. The van der Waals surface area contributed by atoms with Crippen LogP contribution in [0.4, 0.5) is 0 Å². The second kappa shape index (κ2) is 3.91. The number of rotatable bonds is 1. The first kappa shape index (κ1) is 11.1. The zero-order chi connectivity index (χ0) is 11.8. The highest BCUT2D eigenvalue weighted by molar-refractivity contribution is 6.29. The van der Waals surface area contributed by atoms with Crippen molar-refractivity contribution in [2.24, 2.45) is 0 Å². The first-order valence-corrected chi connectivity index (χ1v) is 5.53. The van der Waals surface area contributed by atoms with E-state index in [2.05, 4.69) is 35.7 Å². The molecule has 0 saturated carbocycles. The van der Waals surface area contributed by atoms with Crippen LogP contribution in [0.2, 0.25) is 5.15 Å². The van der Waals surface area contributed by atoms with Gasteiger partial charge in [0.1, 0.15) is 11.0 Å². The van der Waals surface area contributed by atoms with Crippen LogP contribution < -0.4 is 0 Å². The van der Waals surface area contributed by atoms with Gasteiger partial charge in [0.2, 0.25) is 0 Å². The molecule has 0 unspecified atom stereocenters. The molecule has 2 heterocycles. The lowest BCUT2D eigenvalue weighted by Crippen LogP contribution is -2.16. The van der Waals surface area contributed by atoms with Gasteiger partial charge in [0.15, 0.2) is 0 Å². The highest BCUT2D eigenvalue weighted by Gasteiger charge is 2.19. The minimum atomic E-state index is -0.105. The monoisotopic (exact) mass is 235 g/mol. The van der Waals surface area contributed by atoms with E-state index < -0.39 is 0 Å². The van der Waals surface area contributed by atoms with Crippen molar-refractivity contribution in [2.45, 2.75) is 26.2 Å². The van der Waals surface area contributed by atoms with Crippen molar-refractivity contribution in [3.63, 3.8) is 0 Å². The van der Waals surface area contributed by atoms with Crippen LogP contribution in [0.15, 0.2) is 24.4 Å². The third-order valence-corrected chi connectivity index (χ3v) is 2.43. The van der Waals surface area contributed by atoms with Crippen LogP contribution in [0.5, 0.6) is 0 Å². The molecule has 2 aromatic heterocycles. The Kier molecular flexibility index (Phi) is 2.72. The number of hydrogen-bond acceptors (Lipinski definition) is 2. The molecule has 0 amide bonds. The summed E-state index contributed by atoms with van der Waals surface area (Å²) in [6, 6.07) is 5.66. The third-order valence-electron chi connectivity index (χ3n) is 2.24. The summed E-state index contributed by atoms with van der Waals surface area (Å²) >= 11 is 6.01. The lowest BCUT2D eigenvalue weighted by Gasteiger charge is -2.17. The summed E-state index contributed by atoms with van der Waals surface area (Å²) in [6.07, 6.45) is 1.86. The van der Waals surface area contributed by atoms with Gasteiger partial charge in [0.25, 0.3) is 0 Å². The van der Waals surface area contributed by atoms with Gasteiger partial charge in [-0.25, -0.2) is 9.97 Å². The average molecular weight is 236 g/mol. The molecule has 3 nitrogen and oxygen atoms in total. The zero-order valence-electron chi connectivity index (χ0n) is 9.58. The van der Waals surface area contributed by atoms with Crippen LogP contribution in [-0.4, -0.2) is 15.0 Å². The molecule has 0 radical (unpaired) electrons. The molecule has 16 heavy (non-hydrogen) atoms. The van der Waals surface area contributed by atoms with Gasteiger partial charge < -0.3 is 4.98 Å². The molecule has 2 rings (SSSR count). The maximum atomic E-state index is 6.01. The van der Waals surface area contributed by atoms with Gasteiger partial charge in [-0.2, -0.15) is 0 Å². The number of nitrogens with one attached hydrogen (secondary N) is 1. The van der Waals surface area contributed by atoms with E-state index >= 15 is 0 Å². The standard InChI is InChI=1S/C12H14ClN3/c1-12(2,3)11-15-9(7-10(13)16-11)8-5-4-6-14-8/h4-7,14H,1-3H3. The summed E-state index contributed by atoms with van der Waals surface area (Å²) in [6.45, 7) is 6.20. The van der Waals surface area contributed by atoms with Crippen molar-refractivity contribution in [1.29, 1.82) is 0 Å². The maximum Gasteiger partial charge on any atom is 0.136 e. The third kappa shape index (κ3) is 2.25. The summed E-state index contributed by atoms with van der Waals surface area (Å²) in [4.78, 5) is 11.9. The summed E-state index contributed by atoms with van der Waals surface area (Å²) < 4.78 is 0. The lowest BCUT2D eigenvalue weighted by atomic mass is 9.95. The van der Waals surface area contributed by atoms with Crippen LogP contribution in [0.3, 0.4) is 0 Å². The average Bonchev–Trinajstić information content (AvgIpc) is 2.68. The van der Waals surface area contributed by atoms with Gasteiger partial charge in [-0.05, 0) is 12.1 Å². The second-order valence-corrected chi connectivity index (χ2v) is 5.12. The van der Waals surface area contributed by atoms with Gasteiger partial charge in [0, 0.05) is 17.7 Å². The molecule has 0 bridgehead atoms. The number of halogens is 1. The van der Waals surface area contributed by atoms with E-state index in [1.165, 1.54) is 0 Å². The van der Waals surface area contributed by atoms with Crippen molar-refractivity contribution < 1.29 is 0 Å². The fraction of sp³-hybridized carbons (Fsp3) is 0.333. The first-order valence-electron chi connectivity index (χ1n) is 5.15. The fourth-order valence-corrected chi connectivity index (χ4v) is 1.56. The Bertz CT molecular complexity index is 483. The lowest BCUT2D eigenvalue weighted by molar-refractivity contribution is 0.546. The predicted molar refractivity (Wildman–Crippen MR) is 65.5 cm³/mol. The Labute approximate surface area is 99.9 Å². The molecule has 0 saturated heterocycles. The van der Waals surface area contributed by atoms with Crippen LogP contribution in [0.1, 0.15) is 26.6 Å². The van der Waals surface area contributed by atoms with E-state index in [1.54, 1.807) is 6.07 Å². The molecular weight excluding hydrogens is 222 g/mol. The second-order valence-electron chi connectivity index (χ2n) is 4.73. The summed E-state index contributed by atoms with van der Waals surface area (Å²) in [5.74, 6) is 0.754. The smallest absolute Gasteiger partial charge is 0.136 e. The van der Waals surface area contributed by atoms with Gasteiger partial charge in [-0.15, -0.1) is 0 Å². The van der Waals surface area contributed by atoms with Crippen LogP contribution in [0.25, 0.3) is 11.4 Å². The minimum absolute atomic E-state index is 0.105. The molecular formula is C12H14ClN3. The van der Waals surface area contributed by atoms with E-state index in [1.807, 2.05) is 18.3 Å². The van der Waals surface area contributed by atoms with Gasteiger partial charge in [-0.1, -0.05) is 32.4 Å². The fourth-order valence-electron chi connectivity index (χ4n) is 1.38. The van der Waals surface area contributed by atoms with Crippen molar-refractivity contribution in [3.05, 3.63) is 35.4 Å². The number of aromatic amines is 1. The van der Waals surface area contributed by atoms with E-state index in [4.69, 9.17) is 11.6 Å². The Morgan fingerprint density at radius 1 is 1.25 bits per heavy atom. The summed E-state index contributed by atoms with van der Waals surface area (Å²) in [5.41, 5.74) is 1.68. The summed E-state index contributed by atoms with van der Waals surface area (Å²) in [7, 11) is 0. The van der Waals surface area contributed by atoms with Crippen LogP contribution >= 0.6 is 11.6 Å². The van der Waals surface area contributed by atoms with Gasteiger partial charge in [0.05, 0.1) is 11.4 Å².